The standard InChI is InChI=1S/C12H16FNO2S/c1-3-17-7-6-16-12-5-4-10(13)8-11(12)9(2)14-15/h4-5,8,15H,3,6-7H2,1-2H3/b14-9+. The Bertz CT molecular complexity index is 396. The average Bonchev–Trinajstić information content (AvgIpc) is 2.35. The first kappa shape index (κ1) is 13.8. The molecule has 0 atom stereocenters. The number of halogens is 1. The van der Waals surface area contributed by atoms with Gasteiger partial charge in [0.05, 0.1) is 12.3 Å². The Labute approximate surface area is 105 Å². The van der Waals surface area contributed by atoms with E-state index in [9.17, 15) is 4.39 Å². The third-order valence-corrected chi connectivity index (χ3v) is 3.03. The predicted molar refractivity (Wildman–Crippen MR) is 68.9 cm³/mol. The Morgan fingerprint density at radius 1 is 1.53 bits per heavy atom. The van der Waals surface area contributed by atoms with Crippen LogP contribution >= 0.6 is 11.8 Å². The molecular formula is C12H16FNO2S. The fraction of sp³-hybridized carbons (Fsp3) is 0.417. The van der Waals surface area contributed by atoms with E-state index < -0.39 is 0 Å². The second kappa shape index (κ2) is 7.17. The van der Waals surface area contributed by atoms with Crippen LogP contribution in [-0.4, -0.2) is 29.0 Å². The van der Waals surface area contributed by atoms with Gasteiger partial charge in [0.15, 0.2) is 0 Å². The maximum Gasteiger partial charge on any atom is 0.128 e. The molecule has 0 aliphatic rings. The van der Waals surface area contributed by atoms with Gasteiger partial charge in [0.25, 0.3) is 0 Å². The second-order valence-corrected chi connectivity index (χ2v) is 4.77. The van der Waals surface area contributed by atoms with Gasteiger partial charge in [-0.15, -0.1) is 0 Å². The van der Waals surface area contributed by atoms with Gasteiger partial charge in [-0.05, 0) is 30.9 Å². The van der Waals surface area contributed by atoms with Gasteiger partial charge in [-0.1, -0.05) is 12.1 Å². The summed E-state index contributed by atoms with van der Waals surface area (Å²) < 4.78 is 18.6. The number of rotatable bonds is 6. The van der Waals surface area contributed by atoms with E-state index in [1.807, 2.05) is 0 Å². The molecule has 0 bridgehead atoms. The molecule has 3 nitrogen and oxygen atoms in total. The Kier molecular flexibility index (Phi) is 5.83. The zero-order chi connectivity index (χ0) is 12.7. The largest absolute Gasteiger partial charge is 0.492 e. The Hall–Kier alpha value is -1.23. The Morgan fingerprint density at radius 3 is 2.94 bits per heavy atom. The SMILES string of the molecule is CCSCCOc1ccc(F)cc1/C(C)=N/O. The first-order valence-corrected chi connectivity index (χ1v) is 6.53. The zero-order valence-electron chi connectivity index (χ0n) is 9.94. The monoisotopic (exact) mass is 257 g/mol. The fourth-order valence-corrected chi connectivity index (χ4v) is 1.81. The average molecular weight is 257 g/mol. The predicted octanol–water partition coefficient (Wildman–Crippen LogP) is 3.16. The number of ether oxygens (including phenoxy) is 1. The van der Waals surface area contributed by atoms with Gasteiger partial charge in [-0.25, -0.2) is 4.39 Å². The van der Waals surface area contributed by atoms with Crippen LogP contribution in [0.25, 0.3) is 0 Å². The van der Waals surface area contributed by atoms with Crippen LogP contribution < -0.4 is 4.74 Å². The van der Waals surface area contributed by atoms with E-state index in [1.165, 1.54) is 12.1 Å². The number of hydrogen-bond acceptors (Lipinski definition) is 4. The van der Waals surface area contributed by atoms with Crippen molar-refractivity contribution in [2.75, 3.05) is 18.1 Å². The van der Waals surface area contributed by atoms with E-state index in [2.05, 4.69) is 12.1 Å². The molecule has 0 spiro atoms. The van der Waals surface area contributed by atoms with E-state index in [4.69, 9.17) is 9.94 Å². The molecule has 17 heavy (non-hydrogen) atoms. The molecule has 0 fully saturated rings. The topological polar surface area (TPSA) is 41.8 Å². The van der Waals surface area contributed by atoms with Gasteiger partial charge in [0.2, 0.25) is 0 Å². The van der Waals surface area contributed by atoms with Crippen molar-refractivity contribution in [1.29, 1.82) is 0 Å². The minimum absolute atomic E-state index is 0.336. The van der Waals surface area contributed by atoms with E-state index in [1.54, 1.807) is 24.8 Å². The van der Waals surface area contributed by atoms with Crippen LogP contribution in [0.1, 0.15) is 19.4 Å². The smallest absolute Gasteiger partial charge is 0.128 e. The number of nitrogens with zero attached hydrogens (tertiary/aromatic N) is 1. The lowest BCUT2D eigenvalue weighted by Gasteiger charge is -2.10. The maximum atomic E-state index is 13.1. The summed E-state index contributed by atoms with van der Waals surface area (Å²) in [5.41, 5.74) is 0.816. The van der Waals surface area contributed by atoms with Crippen LogP contribution in [-0.2, 0) is 0 Å². The Balaban J connectivity index is 2.76. The molecule has 0 saturated heterocycles. The molecule has 1 aromatic rings. The summed E-state index contributed by atoms with van der Waals surface area (Å²) in [5, 5.41) is 11.8. The molecule has 0 aliphatic heterocycles. The van der Waals surface area contributed by atoms with Crippen molar-refractivity contribution in [3.8, 4) is 5.75 Å². The van der Waals surface area contributed by atoms with Gasteiger partial charge in [0.1, 0.15) is 11.6 Å². The quantitative estimate of drug-likeness (QED) is 0.368. The summed E-state index contributed by atoms with van der Waals surface area (Å²) in [4.78, 5) is 0. The van der Waals surface area contributed by atoms with E-state index >= 15 is 0 Å². The zero-order valence-corrected chi connectivity index (χ0v) is 10.8. The first-order chi connectivity index (χ1) is 8.19. The molecule has 0 heterocycles. The molecule has 0 aliphatic carbocycles. The lowest BCUT2D eigenvalue weighted by atomic mass is 10.1. The molecule has 0 aromatic heterocycles. The summed E-state index contributed by atoms with van der Waals surface area (Å²) in [6.07, 6.45) is 0. The van der Waals surface area contributed by atoms with Crippen molar-refractivity contribution in [2.45, 2.75) is 13.8 Å². The van der Waals surface area contributed by atoms with Gasteiger partial charge in [-0.2, -0.15) is 11.8 Å². The summed E-state index contributed by atoms with van der Waals surface area (Å²) in [6, 6.07) is 4.18. The third-order valence-electron chi connectivity index (χ3n) is 2.17. The van der Waals surface area contributed by atoms with E-state index in [0.717, 1.165) is 11.5 Å². The van der Waals surface area contributed by atoms with Crippen molar-refractivity contribution in [3.63, 3.8) is 0 Å². The van der Waals surface area contributed by atoms with Crippen LogP contribution in [0, 0.1) is 5.82 Å². The highest BCUT2D eigenvalue weighted by atomic mass is 32.2. The number of hydrogen-bond donors (Lipinski definition) is 1. The van der Waals surface area contributed by atoms with Gasteiger partial charge >= 0.3 is 0 Å². The molecule has 94 valence electrons. The number of thioether (sulfide) groups is 1. The minimum Gasteiger partial charge on any atom is -0.492 e. The molecular weight excluding hydrogens is 241 g/mol. The lowest BCUT2D eigenvalue weighted by Crippen LogP contribution is -2.06. The summed E-state index contributed by atoms with van der Waals surface area (Å²) in [6.45, 7) is 4.23. The van der Waals surface area contributed by atoms with Gasteiger partial charge in [-0.3, -0.25) is 0 Å². The van der Waals surface area contributed by atoms with Crippen molar-refractivity contribution in [2.24, 2.45) is 5.16 Å². The minimum atomic E-state index is -0.377. The number of oxime groups is 1. The molecule has 0 amide bonds. The van der Waals surface area contributed by atoms with E-state index in [-0.39, 0.29) is 5.82 Å². The molecule has 0 radical (unpaired) electrons. The molecule has 5 heteroatoms. The maximum absolute atomic E-state index is 13.1. The lowest BCUT2D eigenvalue weighted by molar-refractivity contribution is 0.317. The first-order valence-electron chi connectivity index (χ1n) is 5.38. The number of benzene rings is 1. The van der Waals surface area contributed by atoms with Crippen LogP contribution in [0.4, 0.5) is 4.39 Å². The highest BCUT2D eigenvalue weighted by molar-refractivity contribution is 7.99. The molecule has 1 rings (SSSR count). The highest BCUT2D eigenvalue weighted by Crippen LogP contribution is 2.21. The molecule has 1 N–H and O–H groups in total. The summed E-state index contributed by atoms with van der Waals surface area (Å²) in [7, 11) is 0. The fourth-order valence-electron chi connectivity index (χ4n) is 1.32. The molecule has 0 unspecified atom stereocenters. The van der Waals surface area contributed by atoms with Crippen LogP contribution in [0.2, 0.25) is 0 Å². The molecule has 1 aromatic carbocycles. The van der Waals surface area contributed by atoms with E-state index in [0.29, 0.717) is 23.6 Å². The second-order valence-electron chi connectivity index (χ2n) is 3.37. The van der Waals surface area contributed by atoms with Gasteiger partial charge < -0.3 is 9.94 Å². The van der Waals surface area contributed by atoms with Crippen LogP contribution in [0.15, 0.2) is 23.4 Å². The van der Waals surface area contributed by atoms with Crippen LogP contribution in [0.5, 0.6) is 5.75 Å². The Morgan fingerprint density at radius 2 is 2.29 bits per heavy atom. The van der Waals surface area contributed by atoms with Crippen molar-refractivity contribution >= 4 is 17.5 Å². The van der Waals surface area contributed by atoms with Crippen molar-refractivity contribution < 1.29 is 14.3 Å². The van der Waals surface area contributed by atoms with Crippen molar-refractivity contribution in [1.82, 2.24) is 0 Å². The normalized spacial score (nSPS) is 11.6. The molecule has 0 saturated carbocycles. The van der Waals surface area contributed by atoms with Crippen LogP contribution in [0.3, 0.4) is 0 Å². The highest BCUT2D eigenvalue weighted by Gasteiger charge is 2.08. The van der Waals surface area contributed by atoms with Crippen molar-refractivity contribution in [3.05, 3.63) is 29.6 Å². The van der Waals surface area contributed by atoms with Gasteiger partial charge in [0, 0.05) is 11.3 Å². The summed E-state index contributed by atoms with van der Waals surface area (Å²) >= 11 is 1.77. The summed E-state index contributed by atoms with van der Waals surface area (Å²) in [5.74, 6) is 2.08. The third kappa shape index (κ3) is 4.26.